The van der Waals surface area contributed by atoms with Crippen LogP contribution in [-0.4, -0.2) is 25.8 Å². The minimum absolute atomic E-state index is 0.143. The van der Waals surface area contributed by atoms with Crippen LogP contribution in [0, 0.1) is 17.5 Å². The molecule has 0 amide bonds. The van der Waals surface area contributed by atoms with Gasteiger partial charge in [0.25, 0.3) is 0 Å². The topological polar surface area (TPSA) is 44.8 Å². The van der Waals surface area contributed by atoms with Gasteiger partial charge >= 0.3 is 12.1 Å². The predicted molar refractivity (Wildman–Crippen MR) is 151 cm³/mol. The number of hydrogen-bond donors (Lipinski definition) is 0. The second-order valence-corrected chi connectivity index (χ2v) is 9.54. The number of aryl methyl sites for hydroxylation is 2. The number of carbonyl (C=O) groups is 1. The van der Waals surface area contributed by atoms with E-state index >= 15 is 0 Å². The van der Waals surface area contributed by atoms with Crippen molar-refractivity contribution in [1.29, 1.82) is 0 Å². The molecule has 224 valence electrons. The molecule has 3 aromatic rings. The number of alkyl halides is 2. The quantitative estimate of drug-likeness (QED) is 0.0522. The molecule has 4 nitrogen and oxygen atoms in total. The first kappa shape index (κ1) is 32.5. The summed E-state index contributed by atoms with van der Waals surface area (Å²) in [6, 6.07) is 11.3. The van der Waals surface area contributed by atoms with E-state index in [0.29, 0.717) is 56.6 Å². The average Bonchev–Trinajstić information content (AvgIpc) is 2.94. The van der Waals surface area contributed by atoms with Gasteiger partial charge < -0.3 is 14.2 Å². The fourth-order valence-corrected chi connectivity index (χ4v) is 4.24. The molecule has 0 aliphatic rings. The van der Waals surface area contributed by atoms with Gasteiger partial charge in [-0.2, -0.15) is 8.78 Å². The molecular weight excluding hydrogens is 555 g/mol. The Morgan fingerprint density at radius 2 is 1.40 bits per heavy atom. The second kappa shape index (κ2) is 15.9. The van der Waals surface area contributed by atoms with Gasteiger partial charge in [-0.3, -0.25) is 0 Å². The molecule has 0 bridgehead atoms. The molecule has 0 saturated heterocycles. The van der Waals surface area contributed by atoms with Gasteiger partial charge in [-0.05, 0) is 85.5 Å². The van der Waals surface area contributed by atoms with E-state index in [-0.39, 0.29) is 23.5 Å². The lowest BCUT2D eigenvalue weighted by atomic mass is 9.99. The minimum Gasteiger partial charge on any atom is -0.463 e. The van der Waals surface area contributed by atoms with Crippen LogP contribution in [0.4, 0.5) is 22.0 Å². The van der Waals surface area contributed by atoms with Crippen molar-refractivity contribution < 1.29 is 41.0 Å². The number of rotatable bonds is 17. The van der Waals surface area contributed by atoms with E-state index in [0.717, 1.165) is 24.5 Å². The fraction of sp³-hybridized carbons (Fsp3) is 0.303. The Morgan fingerprint density at radius 1 is 0.786 bits per heavy atom. The molecule has 0 spiro atoms. The van der Waals surface area contributed by atoms with E-state index in [1.165, 1.54) is 24.3 Å². The molecular formula is C33H33F5O4. The van der Waals surface area contributed by atoms with Gasteiger partial charge in [-0.1, -0.05) is 36.9 Å². The Morgan fingerprint density at radius 3 is 2.02 bits per heavy atom. The number of carbonyl (C=O) groups excluding carboxylic acids is 1. The highest BCUT2D eigenvalue weighted by molar-refractivity contribution is 5.81. The van der Waals surface area contributed by atoms with Crippen LogP contribution in [0.1, 0.15) is 42.4 Å². The zero-order valence-corrected chi connectivity index (χ0v) is 23.2. The maximum absolute atomic E-state index is 14.9. The lowest BCUT2D eigenvalue weighted by Gasteiger charge is -2.20. The van der Waals surface area contributed by atoms with Crippen molar-refractivity contribution in [1.82, 2.24) is 0 Å². The first-order chi connectivity index (χ1) is 20.1. The molecule has 42 heavy (non-hydrogen) atoms. The first-order valence-corrected chi connectivity index (χ1v) is 13.6. The summed E-state index contributed by atoms with van der Waals surface area (Å²) >= 11 is 0. The fourth-order valence-electron chi connectivity index (χ4n) is 4.24. The Balaban J connectivity index is 1.63. The normalized spacial score (nSPS) is 11.3. The Labute approximate surface area is 242 Å². The van der Waals surface area contributed by atoms with E-state index in [4.69, 9.17) is 9.47 Å². The lowest BCUT2D eigenvalue weighted by molar-refractivity contribution is -0.189. The van der Waals surface area contributed by atoms with E-state index in [1.54, 1.807) is 24.3 Å². The van der Waals surface area contributed by atoms with Gasteiger partial charge in [0.15, 0.2) is 0 Å². The summed E-state index contributed by atoms with van der Waals surface area (Å²) in [6.07, 6.45) is 2.38. The van der Waals surface area contributed by atoms with Crippen LogP contribution in [0.15, 0.2) is 79.9 Å². The zero-order valence-electron chi connectivity index (χ0n) is 23.2. The van der Waals surface area contributed by atoms with Crippen LogP contribution >= 0.6 is 0 Å². The maximum atomic E-state index is 14.9. The molecule has 0 unspecified atom stereocenters. The van der Waals surface area contributed by atoms with Crippen LogP contribution in [0.5, 0.6) is 5.75 Å². The molecule has 0 fully saturated rings. The standard InChI is InChI=1S/C33H33F5O4/c1-3-17-40-18-7-5-9-23-11-14-26(15-12-23)42-33(37,38)32-29(35)21-25(22-30(32)36)27-16-13-24(20-28(27)34)10-6-8-19-41-31(39)4-2/h3-4,11-16,20-22H,1-2,5-10,17-19H2. The highest BCUT2D eigenvalue weighted by Crippen LogP contribution is 2.37. The van der Waals surface area contributed by atoms with Crippen molar-refractivity contribution in [2.45, 2.75) is 44.6 Å². The molecule has 0 N–H and O–H groups in total. The largest absolute Gasteiger partial charge is 0.463 e. The summed E-state index contributed by atoms with van der Waals surface area (Å²) in [5, 5.41) is 0. The van der Waals surface area contributed by atoms with Gasteiger partial charge in [-0.15, -0.1) is 6.58 Å². The van der Waals surface area contributed by atoms with E-state index in [1.807, 2.05) is 0 Å². The Hall–Kier alpha value is -3.98. The summed E-state index contributed by atoms with van der Waals surface area (Å²) in [5.74, 6) is -4.68. The van der Waals surface area contributed by atoms with Gasteiger partial charge in [-0.25, -0.2) is 18.0 Å². The third kappa shape index (κ3) is 9.55. The molecule has 0 atom stereocenters. The molecule has 3 rings (SSSR count). The second-order valence-electron chi connectivity index (χ2n) is 9.54. The lowest BCUT2D eigenvalue weighted by Crippen LogP contribution is -2.25. The van der Waals surface area contributed by atoms with Crippen LogP contribution in [0.3, 0.4) is 0 Å². The van der Waals surface area contributed by atoms with Crippen molar-refractivity contribution in [3.8, 4) is 16.9 Å². The highest BCUT2D eigenvalue weighted by Gasteiger charge is 2.41. The van der Waals surface area contributed by atoms with Gasteiger partial charge in [0.05, 0.1) is 13.2 Å². The van der Waals surface area contributed by atoms with E-state index in [2.05, 4.69) is 17.9 Å². The van der Waals surface area contributed by atoms with Crippen molar-refractivity contribution in [3.63, 3.8) is 0 Å². The van der Waals surface area contributed by atoms with Crippen LogP contribution < -0.4 is 4.74 Å². The van der Waals surface area contributed by atoms with Gasteiger partial charge in [0, 0.05) is 18.2 Å². The molecule has 0 radical (unpaired) electrons. The van der Waals surface area contributed by atoms with Gasteiger partial charge in [0.2, 0.25) is 0 Å². The van der Waals surface area contributed by atoms with Crippen molar-refractivity contribution in [2.24, 2.45) is 0 Å². The number of unbranched alkanes of at least 4 members (excludes halogenated alkanes) is 2. The monoisotopic (exact) mass is 588 g/mol. The summed E-state index contributed by atoms with van der Waals surface area (Å²) in [4.78, 5) is 11.0. The molecule has 0 aliphatic heterocycles. The summed E-state index contributed by atoms with van der Waals surface area (Å²) in [6.45, 7) is 8.14. The summed E-state index contributed by atoms with van der Waals surface area (Å²) < 4.78 is 89.2. The molecule has 9 heteroatoms. The van der Waals surface area contributed by atoms with Crippen molar-refractivity contribution in [2.75, 3.05) is 19.8 Å². The maximum Gasteiger partial charge on any atom is 0.432 e. The summed E-state index contributed by atoms with van der Waals surface area (Å²) in [7, 11) is 0. The van der Waals surface area contributed by atoms with Crippen LogP contribution in [-0.2, 0) is 33.2 Å². The number of benzene rings is 3. The molecule has 0 aromatic heterocycles. The Bertz CT molecular complexity index is 1330. The number of hydrogen-bond acceptors (Lipinski definition) is 4. The SMILES string of the molecule is C=CCOCCCCc1ccc(OC(F)(F)c2c(F)cc(-c3ccc(CCCCOC(=O)C=C)cc3F)cc2F)cc1. The molecule has 0 saturated carbocycles. The zero-order chi connectivity index (χ0) is 30.5. The smallest absolute Gasteiger partial charge is 0.432 e. The third-order valence-electron chi connectivity index (χ3n) is 6.36. The van der Waals surface area contributed by atoms with Gasteiger partial charge in [0.1, 0.15) is 28.8 Å². The van der Waals surface area contributed by atoms with Crippen molar-refractivity contribution in [3.05, 3.63) is 114 Å². The molecule has 3 aromatic carbocycles. The van der Waals surface area contributed by atoms with Crippen LogP contribution in [0.25, 0.3) is 11.1 Å². The number of esters is 1. The Kier molecular flexibility index (Phi) is 12.3. The van der Waals surface area contributed by atoms with E-state index in [9.17, 15) is 26.7 Å². The third-order valence-corrected chi connectivity index (χ3v) is 6.36. The minimum atomic E-state index is -4.32. The first-order valence-electron chi connectivity index (χ1n) is 13.6. The molecule has 0 aliphatic carbocycles. The number of ether oxygens (including phenoxy) is 3. The highest BCUT2D eigenvalue weighted by atomic mass is 19.3. The van der Waals surface area contributed by atoms with Crippen molar-refractivity contribution >= 4 is 5.97 Å². The number of halogens is 5. The van der Waals surface area contributed by atoms with Crippen LogP contribution in [0.2, 0.25) is 0 Å². The average molecular weight is 589 g/mol. The summed E-state index contributed by atoms with van der Waals surface area (Å²) in [5.41, 5.74) is -0.436. The molecule has 0 heterocycles. The predicted octanol–water partition coefficient (Wildman–Crippen LogP) is 8.48. The van der Waals surface area contributed by atoms with E-state index < -0.39 is 35.1 Å².